The Morgan fingerprint density at radius 2 is 1.83 bits per heavy atom. The fourth-order valence-electron chi connectivity index (χ4n) is 1.33. The van der Waals surface area contributed by atoms with Gasteiger partial charge >= 0.3 is 0 Å². The molecule has 5 nitrogen and oxygen atoms in total. The Hall–Kier alpha value is -1.72. The van der Waals surface area contributed by atoms with Crippen molar-refractivity contribution in [2.45, 2.75) is 19.8 Å². The number of benzene rings is 1. The number of Topliss-reactive ketones (excluding diaryl/α,β-unsaturated/α-hetero) is 1. The molecule has 1 N–H and O–H groups in total. The van der Waals surface area contributed by atoms with E-state index in [0.717, 1.165) is 5.56 Å². The molecule has 0 bridgehead atoms. The van der Waals surface area contributed by atoms with Crippen molar-refractivity contribution in [3.63, 3.8) is 0 Å². The average Bonchev–Trinajstić information content (AvgIpc) is 2.37. The van der Waals surface area contributed by atoms with E-state index in [1.165, 1.54) is 7.11 Å². The van der Waals surface area contributed by atoms with Gasteiger partial charge in [-0.2, -0.15) is 0 Å². The van der Waals surface area contributed by atoms with Gasteiger partial charge in [0.15, 0.2) is 12.6 Å². The Morgan fingerprint density at radius 3 is 2.44 bits per heavy atom. The van der Waals surface area contributed by atoms with Crippen molar-refractivity contribution in [2.24, 2.45) is 0 Å². The van der Waals surface area contributed by atoms with Crippen molar-refractivity contribution in [3.05, 3.63) is 35.4 Å². The van der Waals surface area contributed by atoms with Crippen molar-refractivity contribution >= 4 is 11.7 Å². The van der Waals surface area contributed by atoms with Gasteiger partial charge in [-0.25, -0.2) is 10.3 Å². The van der Waals surface area contributed by atoms with Gasteiger partial charge in [-0.3, -0.25) is 9.59 Å². The highest BCUT2D eigenvalue weighted by molar-refractivity contribution is 5.97. The highest BCUT2D eigenvalue weighted by Gasteiger charge is 2.09. The second-order valence-electron chi connectivity index (χ2n) is 3.87. The van der Waals surface area contributed by atoms with Gasteiger partial charge in [0.25, 0.3) is 0 Å². The standard InChI is InChI=1S/C13H17NO4/c1-10-3-5-11(6-4-10)12(15)7-8-13(16)14-18-9-17-2/h3-6H,7-9H2,1-2H3,(H,14,16). The lowest BCUT2D eigenvalue weighted by molar-refractivity contribution is -0.144. The number of hydrogen-bond acceptors (Lipinski definition) is 4. The van der Waals surface area contributed by atoms with Gasteiger partial charge in [-0.05, 0) is 6.92 Å². The molecule has 0 spiro atoms. The molecule has 0 aliphatic rings. The summed E-state index contributed by atoms with van der Waals surface area (Å²) in [6, 6.07) is 7.26. The molecule has 1 aromatic carbocycles. The zero-order valence-electron chi connectivity index (χ0n) is 10.6. The van der Waals surface area contributed by atoms with Gasteiger partial charge in [-0.1, -0.05) is 29.8 Å². The molecule has 0 atom stereocenters. The first kappa shape index (κ1) is 14.3. The van der Waals surface area contributed by atoms with Crippen molar-refractivity contribution in [3.8, 4) is 0 Å². The second-order valence-corrected chi connectivity index (χ2v) is 3.87. The summed E-state index contributed by atoms with van der Waals surface area (Å²) in [5.74, 6) is -0.399. The largest absolute Gasteiger partial charge is 0.356 e. The third-order valence-electron chi connectivity index (χ3n) is 2.32. The normalized spacial score (nSPS) is 10.1. The number of hydroxylamine groups is 1. The number of rotatable bonds is 7. The van der Waals surface area contributed by atoms with Crippen LogP contribution in [0.5, 0.6) is 0 Å². The van der Waals surface area contributed by atoms with Crippen molar-refractivity contribution in [2.75, 3.05) is 13.9 Å². The number of carbonyl (C=O) groups excluding carboxylic acids is 2. The smallest absolute Gasteiger partial charge is 0.244 e. The Morgan fingerprint density at radius 1 is 1.17 bits per heavy atom. The van der Waals surface area contributed by atoms with Crippen molar-refractivity contribution in [1.82, 2.24) is 5.48 Å². The minimum absolute atomic E-state index is 0.0162. The van der Waals surface area contributed by atoms with Crippen LogP contribution in [-0.4, -0.2) is 25.6 Å². The lowest BCUT2D eigenvalue weighted by atomic mass is 10.1. The molecule has 1 rings (SSSR count). The molecule has 5 heteroatoms. The quantitative estimate of drug-likeness (QED) is 0.346. The van der Waals surface area contributed by atoms with Crippen LogP contribution >= 0.6 is 0 Å². The van der Waals surface area contributed by atoms with Crippen LogP contribution in [0.4, 0.5) is 0 Å². The number of carbonyl (C=O) groups is 2. The molecule has 18 heavy (non-hydrogen) atoms. The summed E-state index contributed by atoms with van der Waals surface area (Å²) in [7, 11) is 1.45. The fourth-order valence-corrected chi connectivity index (χ4v) is 1.33. The molecule has 0 heterocycles. The summed E-state index contributed by atoms with van der Waals surface area (Å²) >= 11 is 0. The lowest BCUT2D eigenvalue weighted by Crippen LogP contribution is -2.25. The van der Waals surface area contributed by atoms with Crippen molar-refractivity contribution in [1.29, 1.82) is 0 Å². The van der Waals surface area contributed by atoms with Crippen LogP contribution in [-0.2, 0) is 14.4 Å². The van der Waals surface area contributed by atoms with Gasteiger partial charge in [0.2, 0.25) is 5.91 Å². The summed E-state index contributed by atoms with van der Waals surface area (Å²) in [5.41, 5.74) is 3.89. The summed E-state index contributed by atoms with van der Waals surface area (Å²) in [6.07, 6.45) is 0.252. The molecule has 0 aromatic heterocycles. The summed E-state index contributed by atoms with van der Waals surface area (Å²) in [4.78, 5) is 27.7. The van der Waals surface area contributed by atoms with Crippen LogP contribution < -0.4 is 5.48 Å². The highest BCUT2D eigenvalue weighted by Crippen LogP contribution is 2.07. The van der Waals surface area contributed by atoms with Gasteiger partial charge in [0.1, 0.15) is 0 Å². The van der Waals surface area contributed by atoms with E-state index >= 15 is 0 Å². The Kier molecular flexibility index (Phi) is 6.04. The molecule has 0 saturated carbocycles. The first-order valence-electron chi connectivity index (χ1n) is 5.63. The van der Waals surface area contributed by atoms with E-state index in [9.17, 15) is 9.59 Å². The maximum Gasteiger partial charge on any atom is 0.244 e. The van der Waals surface area contributed by atoms with E-state index in [-0.39, 0.29) is 31.3 Å². The van der Waals surface area contributed by atoms with Crippen molar-refractivity contribution < 1.29 is 19.2 Å². The maximum absolute atomic E-state index is 11.7. The summed E-state index contributed by atoms with van der Waals surface area (Å²) in [5, 5.41) is 0. The van der Waals surface area contributed by atoms with E-state index in [2.05, 4.69) is 15.1 Å². The molecular weight excluding hydrogens is 234 g/mol. The topological polar surface area (TPSA) is 64.6 Å². The predicted octanol–water partition coefficient (Wildman–Crippen LogP) is 1.61. The maximum atomic E-state index is 11.7. The number of ketones is 1. The zero-order chi connectivity index (χ0) is 13.4. The molecule has 0 saturated heterocycles. The monoisotopic (exact) mass is 251 g/mol. The molecule has 1 aromatic rings. The van der Waals surface area contributed by atoms with Crippen LogP contribution in [0.15, 0.2) is 24.3 Å². The molecule has 0 radical (unpaired) electrons. The molecule has 98 valence electrons. The molecule has 0 aliphatic heterocycles. The number of ether oxygens (including phenoxy) is 1. The van der Waals surface area contributed by atoms with Crippen LogP contribution in [0.2, 0.25) is 0 Å². The third kappa shape index (κ3) is 5.07. The number of amides is 1. The second kappa shape index (κ2) is 7.58. The lowest BCUT2D eigenvalue weighted by Gasteiger charge is -2.04. The Bertz CT molecular complexity index is 400. The first-order chi connectivity index (χ1) is 8.63. The Balaban J connectivity index is 2.32. The van der Waals surface area contributed by atoms with Crippen LogP contribution in [0, 0.1) is 6.92 Å². The minimum Gasteiger partial charge on any atom is -0.356 e. The van der Waals surface area contributed by atoms with E-state index in [1.807, 2.05) is 19.1 Å². The van der Waals surface area contributed by atoms with Gasteiger partial charge in [0.05, 0.1) is 0 Å². The number of hydrogen-bond donors (Lipinski definition) is 1. The minimum atomic E-state index is -0.340. The van der Waals surface area contributed by atoms with E-state index in [1.54, 1.807) is 12.1 Å². The average molecular weight is 251 g/mol. The molecule has 1 amide bonds. The van der Waals surface area contributed by atoms with Crippen LogP contribution in [0.3, 0.4) is 0 Å². The van der Waals surface area contributed by atoms with Crippen LogP contribution in [0.25, 0.3) is 0 Å². The third-order valence-corrected chi connectivity index (χ3v) is 2.32. The van der Waals surface area contributed by atoms with Crippen LogP contribution in [0.1, 0.15) is 28.8 Å². The summed E-state index contributed by atoms with van der Waals surface area (Å²) < 4.78 is 4.59. The predicted molar refractivity (Wildman–Crippen MR) is 65.8 cm³/mol. The zero-order valence-corrected chi connectivity index (χ0v) is 10.6. The molecule has 0 unspecified atom stereocenters. The van der Waals surface area contributed by atoms with Gasteiger partial charge in [0, 0.05) is 25.5 Å². The van der Waals surface area contributed by atoms with E-state index < -0.39 is 0 Å². The summed E-state index contributed by atoms with van der Waals surface area (Å²) in [6.45, 7) is 1.94. The number of aryl methyl sites for hydroxylation is 1. The fraction of sp³-hybridized carbons (Fsp3) is 0.385. The molecule has 0 aliphatic carbocycles. The number of nitrogens with one attached hydrogen (secondary N) is 1. The van der Waals surface area contributed by atoms with Gasteiger partial charge < -0.3 is 4.74 Å². The Labute approximate surface area is 106 Å². The molecular formula is C13H17NO4. The van der Waals surface area contributed by atoms with E-state index in [4.69, 9.17) is 0 Å². The number of methoxy groups -OCH3 is 1. The first-order valence-corrected chi connectivity index (χ1v) is 5.63. The molecule has 0 fully saturated rings. The SMILES string of the molecule is COCONC(=O)CCC(=O)c1ccc(C)cc1. The highest BCUT2D eigenvalue weighted by atomic mass is 16.8. The van der Waals surface area contributed by atoms with Gasteiger partial charge in [-0.15, -0.1) is 0 Å². The van der Waals surface area contributed by atoms with E-state index in [0.29, 0.717) is 5.56 Å².